The summed E-state index contributed by atoms with van der Waals surface area (Å²) in [6.07, 6.45) is 3.43. The number of carboxylic acid groups (broad SMARTS) is 1. The number of carboxylic acids is 1. The van der Waals surface area contributed by atoms with Gasteiger partial charge in [-0.05, 0) is 19.8 Å². The van der Waals surface area contributed by atoms with Crippen LogP contribution in [0.4, 0.5) is 4.79 Å². The number of carbonyl (C=O) groups excluding carboxylic acids is 1. The standard InChI is InChI=1S/C12H20N2O4/c1-3-6-14(8-11(15)16)12(17)13-9(2)10-5-4-7-18-10/h3,9-10H,1,4-8H2,2H3,(H,13,17)(H,15,16). The predicted octanol–water partition coefficient (Wildman–Crippen LogP) is 0.836. The van der Waals surface area contributed by atoms with Gasteiger partial charge in [0.05, 0.1) is 12.1 Å². The van der Waals surface area contributed by atoms with E-state index in [0.29, 0.717) is 0 Å². The fraction of sp³-hybridized carbons (Fsp3) is 0.667. The molecule has 6 heteroatoms. The summed E-state index contributed by atoms with van der Waals surface area (Å²) < 4.78 is 5.47. The fourth-order valence-corrected chi connectivity index (χ4v) is 1.91. The van der Waals surface area contributed by atoms with Crippen LogP contribution in [0.3, 0.4) is 0 Å². The van der Waals surface area contributed by atoms with E-state index in [2.05, 4.69) is 11.9 Å². The van der Waals surface area contributed by atoms with E-state index >= 15 is 0 Å². The van der Waals surface area contributed by atoms with Crippen molar-refractivity contribution in [1.29, 1.82) is 0 Å². The molecule has 1 rings (SSSR count). The topological polar surface area (TPSA) is 78.9 Å². The monoisotopic (exact) mass is 256 g/mol. The number of amides is 2. The Morgan fingerprint density at radius 2 is 2.39 bits per heavy atom. The molecule has 0 aromatic carbocycles. The van der Waals surface area contributed by atoms with Crippen molar-refractivity contribution in [3.8, 4) is 0 Å². The fourth-order valence-electron chi connectivity index (χ4n) is 1.91. The smallest absolute Gasteiger partial charge is 0.323 e. The highest BCUT2D eigenvalue weighted by atomic mass is 16.5. The Hall–Kier alpha value is -1.56. The molecule has 102 valence electrons. The molecule has 1 aliphatic heterocycles. The van der Waals surface area contributed by atoms with Gasteiger partial charge < -0.3 is 20.1 Å². The molecule has 0 saturated carbocycles. The normalized spacial score (nSPS) is 20.2. The van der Waals surface area contributed by atoms with Gasteiger partial charge in [-0.3, -0.25) is 4.79 Å². The maximum absolute atomic E-state index is 11.9. The summed E-state index contributed by atoms with van der Waals surface area (Å²) in [5.41, 5.74) is 0. The van der Waals surface area contributed by atoms with Crippen LogP contribution < -0.4 is 5.32 Å². The Kier molecular flexibility index (Phi) is 5.64. The second-order valence-corrected chi connectivity index (χ2v) is 4.35. The second-order valence-electron chi connectivity index (χ2n) is 4.35. The average molecular weight is 256 g/mol. The average Bonchev–Trinajstić information content (AvgIpc) is 2.81. The summed E-state index contributed by atoms with van der Waals surface area (Å²) in [4.78, 5) is 23.7. The van der Waals surface area contributed by atoms with Gasteiger partial charge in [-0.1, -0.05) is 6.08 Å². The molecular formula is C12H20N2O4. The molecule has 18 heavy (non-hydrogen) atoms. The minimum Gasteiger partial charge on any atom is -0.480 e. The number of hydrogen-bond donors (Lipinski definition) is 2. The van der Waals surface area contributed by atoms with Crippen LogP contribution in [0.2, 0.25) is 0 Å². The van der Waals surface area contributed by atoms with Gasteiger partial charge >= 0.3 is 12.0 Å². The number of urea groups is 1. The highest BCUT2D eigenvalue weighted by molar-refractivity contribution is 5.80. The third-order valence-corrected chi connectivity index (χ3v) is 2.84. The predicted molar refractivity (Wildman–Crippen MR) is 66.4 cm³/mol. The molecule has 2 N–H and O–H groups in total. The minimum absolute atomic E-state index is 0.0179. The van der Waals surface area contributed by atoms with Crippen LogP contribution in [0.15, 0.2) is 12.7 Å². The largest absolute Gasteiger partial charge is 0.480 e. The van der Waals surface area contributed by atoms with Crippen molar-refractivity contribution in [1.82, 2.24) is 10.2 Å². The van der Waals surface area contributed by atoms with Crippen molar-refractivity contribution >= 4 is 12.0 Å². The Morgan fingerprint density at radius 3 is 2.89 bits per heavy atom. The summed E-state index contributed by atoms with van der Waals surface area (Å²) in [7, 11) is 0. The zero-order valence-corrected chi connectivity index (χ0v) is 10.6. The second kappa shape index (κ2) is 7.00. The highest BCUT2D eigenvalue weighted by Crippen LogP contribution is 2.15. The Bertz CT molecular complexity index is 313. The lowest BCUT2D eigenvalue weighted by Gasteiger charge is -2.25. The minimum atomic E-state index is -1.04. The third kappa shape index (κ3) is 4.37. The van der Waals surface area contributed by atoms with Crippen LogP contribution in [-0.2, 0) is 9.53 Å². The van der Waals surface area contributed by atoms with Crippen molar-refractivity contribution in [3.63, 3.8) is 0 Å². The molecule has 0 aromatic rings. The molecule has 0 radical (unpaired) electrons. The van der Waals surface area contributed by atoms with E-state index in [0.717, 1.165) is 19.4 Å². The van der Waals surface area contributed by atoms with Crippen molar-refractivity contribution in [2.24, 2.45) is 0 Å². The van der Waals surface area contributed by atoms with Crippen LogP contribution in [0.5, 0.6) is 0 Å². The van der Waals surface area contributed by atoms with Crippen LogP contribution >= 0.6 is 0 Å². The highest BCUT2D eigenvalue weighted by Gasteiger charge is 2.25. The zero-order valence-electron chi connectivity index (χ0n) is 10.6. The molecule has 0 aliphatic carbocycles. The molecule has 2 amide bonds. The molecule has 0 bridgehead atoms. The van der Waals surface area contributed by atoms with E-state index in [4.69, 9.17) is 9.84 Å². The number of nitrogens with one attached hydrogen (secondary N) is 1. The van der Waals surface area contributed by atoms with Gasteiger partial charge in [0.15, 0.2) is 0 Å². The van der Waals surface area contributed by atoms with Crippen LogP contribution in [0, 0.1) is 0 Å². The molecule has 2 atom stereocenters. The molecule has 1 fully saturated rings. The molecule has 2 unspecified atom stereocenters. The molecule has 1 saturated heterocycles. The van der Waals surface area contributed by atoms with Gasteiger partial charge in [-0.25, -0.2) is 4.79 Å². The number of hydrogen-bond acceptors (Lipinski definition) is 3. The van der Waals surface area contributed by atoms with Gasteiger partial charge in [-0.2, -0.15) is 0 Å². The first-order valence-electron chi connectivity index (χ1n) is 6.04. The number of rotatable bonds is 6. The van der Waals surface area contributed by atoms with E-state index in [9.17, 15) is 9.59 Å². The lowest BCUT2D eigenvalue weighted by molar-refractivity contribution is -0.137. The van der Waals surface area contributed by atoms with E-state index in [1.807, 2.05) is 6.92 Å². The van der Waals surface area contributed by atoms with Crippen LogP contribution in [0.1, 0.15) is 19.8 Å². The maximum atomic E-state index is 11.9. The number of carbonyl (C=O) groups is 2. The summed E-state index contributed by atoms with van der Waals surface area (Å²) in [5, 5.41) is 11.5. The number of nitrogens with zero attached hydrogens (tertiary/aromatic N) is 1. The van der Waals surface area contributed by atoms with Crippen molar-refractivity contribution < 1.29 is 19.4 Å². The van der Waals surface area contributed by atoms with Crippen LogP contribution in [-0.4, -0.2) is 53.8 Å². The first-order valence-corrected chi connectivity index (χ1v) is 6.04. The van der Waals surface area contributed by atoms with Gasteiger partial charge in [-0.15, -0.1) is 6.58 Å². The van der Waals surface area contributed by atoms with Gasteiger partial charge in [0.1, 0.15) is 6.54 Å². The van der Waals surface area contributed by atoms with Crippen molar-refractivity contribution in [2.75, 3.05) is 19.7 Å². The summed E-state index contributed by atoms with van der Waals surface area (Å²) in [6.45, 7) is 5.96. The molecule has 1 heterocycles. The quantitative estimate of drug-likeness (QED) is 0.690. The maximum Gasteiger partial charge on any atom is 0.323 e. The molecule has 0 spiro atoms. The number of aliphatic carboxylic acids is 1. The first-order chi connectivity index (χ1) is 8.54. The lowest BCUT2D eigenvalue weighted by Crippen LogP contribution is -2.49. The van der Waals surface area contributed by atoms with E-state index < -0.39 is 12.0 Å². The molecule has 6 nitrogen and oxygen atoms in total. The number of ether oxygens (including phenoxy) is 1. The van der Waals surface area contributed by atoms with Crippen molar-refractivity contribution in [2.45, 2.75) is 31.9 Å². The van der Waals surface area contributed by atoms with Gasteiger partial charge in [0, 0.05) is 13.2 Å². The Labute approximate surface area is 107 Å². The lowest BCUT2D eigenvalue weighted by atomic mass is 10.1. The SMILES string of the molecule is C=CCN(CC(=O)O)C(=O)NC(C)C1CCCO1. The van der Waals surface area contributed by atoms with Crippen LogP contribution in [0.25, 0.3) is 0 Å². The summed E-state index contributed by atoms with van der Waals surface area (Å²) in [6, 6.07) is -0.526. The Balaban J connectivity index is 2.48. The summed E-state index contributed by atoms with van der Waals surface area (Å²) >= 11 is 0. The van der Waals surface area contributed by atoms with E-state index in [-0.39, 0.29) is 25.2 Å². The molecule has 1 aliphatic rings. The first kappa shape index (κ1) is 14.5. The summed E-state index contributed by atoms with van der Waals surface area (Å²) in [5.74, 6) is -1.04. The third-order valence-electron chi connectivity index (χ3n) is 2.84. The van der Waals surface area contributed by atoms with E-state index in [1.54, 1.807) is 0 Å². The molecular weight excluding hydrogens is 236 g/mol. The van der Waals surface area contributed by atoms with Gasteiger partial charge in [0.25, 0.3) is 0 Å². The zero-order chi connectivity index (χ0) is 13.5. The molecule has 0 aromatic heterocycles. The van der Waals surface area contributed by atoms with Gasteiger partial charge in [0.2, 0.25) is 0 Å². The Morgan fingerprint density at radius 1 is 1.67 bits per heavy atom. The van der Waals surface area contributed by atoms with Crippen molar-refractivity contribution in [3.05, 3.63) is 12.7 Å². The van der Waals surface area contributed by atoms with E-state index in [1.165, 1.54) is 11.0 Å².